The van der Waals surface area contributed by atoms with E-state index >= 15 is 0 Å². The number of unbranched alkanes of at least 4 members (excludes halogenated alkanes) is 9. The molecule has 0 aliphatic carbocycles. The molecule has 0 unspecified atom stereocenters. The summed E-state index contributed by atoms with van der Waals surface area (Å²) >= 11 is 0. The van der Waals surface area contributed by atoms with Crippen LogP contribution in [0.15, 0.2) is 0 Å². The van der Waals surface area contributed by atoms with Crippen LogP contribution in [0.3, 0.4) is 0 Å². The first-order valence-electron chi connectivity index (χ1n) is 9.30. The van der Waals surface area contributed by atoms with E-state index in [4.69, 9.17) is 9.78 Å². The molecular formula is C19H40O2. The van der Waals surface area contributed by atoms with Crippen molar-refractivity contribution >= 4 is 0 Å². The van der Waals surface area contributed by atoms with Gasteiger partial charge in [-0.2, -0.15) is 0 Å². The lowest BCUT2D eigenvalue weighted by Crippen LogP contribution is -2.04. The molecule has 0 aliphatic rings. The van der Waals surface area contributed by atoms with E-state index in [2.05, 4.69) is 27.7 Å². The van der Waals surface area contributed by atoms with Crippen molar-refractivity contribution in [1.29, 1.82) is 0 Å². The van der Waals surface area contributed by atoms with Gasteiger partial charge in [0.25, 0.3) is 0 Å². The van der Waals surface area contributed by atoms with Crippen molar-refractivity contribution in [2.45, 2.75) is 105 Å². The molecule has 0 aromatic rings. The molecule has 0 saturated carbocycles. The summed E-state index contributed by atoms with van der Waals surface area (Å²) in [5.74, 6) is 0. The summed E-state index contributed by atoms with van der Waals surface area (Å²) in [6, 6.07) is 0. The molecule has 0 N–H and O–H groups in total. The highest BCUT2D eigenvalue weighted by Crippen LogP contribution is 2.21. The van der Waals surface area contributed by atoms with Gasteiger partial charge >= 0.3 is 0 Å². The van der Waals surface area contributed by atoms with Crippen molar-refractivity contribution in [3.05, 3.63) is 0 Å². The molecule has 0 saturated heterocycles. The molecule has 0 heterocycles. The van der Waals surface area contributed by atoms with E-state index in [1.54, 1.807) is 0 Å². The molecule has 0 radical (unpaired) electrons. The molecule has 0 amide bonds. The zero-order valence-electron chi connectivity index (χ0n) is 15.2. The summed E-state index contributed by atoms with van der Waals surface area (Å²) in [7, 11) is 0. The minimum Gasteiger partial charge on any atom is -0.237 e. The highest BCUT2D eigenvalue weighted by molar-refractivity contribution is 4.60. The van der Waals surface area contributed by atoms with E-state index in [-0.39, 0.29) is 0 Å². The molecule has 0 aromatic heterocycles. The van der Waals surface area contributed by atoms with Gasteiger partial charge < -0.3 is 0 Å². The van der Waals surface area contributed by atoms with Crippen molar-refractivity contribution in [2.75, 3.05) is 13.2 Å². The lowest BCUT2D eigenvalue weighted by Gasteiger charge is -2.17. The van der Waals surface area contributed by atoms with E-state index in [0.29, 0.717) is 5.41 Å². The summed E-state index contributed by atoms with van der Waals surface area (Å²) in [6.45, 7) is 10.7. The second-order valence-electron chi connectivity index (χ2n) is 7.49. The molecule has 0 aromatic carbocycles. The van der Waals surface area contributed by atoms with Crippen molar-refractivity contribution in [1.82, 2.24) is 0 Å². The van der Waals surface area contributed by atoms with Crippen LogP contribution in [0.2, 0.25) is 0 Å². The van der Waals surface area contributed by atoms with Crippen molar-refractivity contribution in [3.63, 3.8) is 0 Å². The predicted octanol–water partition coefficient (Wildman–Crippen LogP) is 6.68. The first-order valence-corrected chi connectivity index (χ1v) is 9.30. The van der Waals surface area contributed by atoms with Gasteiger partial charge in [-0.15, -0.1) is 0 Å². The van der Waals surface area contributed by atoms with Crippen LogP contribution in [0.1, 0.15) is 105 Å². The Morgan fingerprint density at radius 3 is 1.48 bits per heavy atom. The lowest BCUT2D eigenvalue weighted by molar-refractivity contribution is -0.295. The third-order valence-electron chi connectivity index (χ3n) is 3.82. The minimum absolute atomic E-state index is 0.466. The summed E-state index contributed by atoms with van der Waals surface area (Å²) in [5.41, 5.74) is 0.466. The van der Waals surface area contributed by atoms with E-state index in [1.807, 2.05) is 0 Å². The molecule has 0 spiro atoms. The Kier molecular flexibility index (Phi) is 14.8. The third kappa shape index (κ3) is 19.9. The Hall–Kier alpha value is -0.0800. The fraction of sp³-hybridized carbons (Fsp3) is 1.00. The van der Waals surface area contributed by atoms with Crippen molar-refractivity contribution in [2.24, 2.45) is 5.41 Å². The van der Waals surface area contributed by atoms with Crippen LogP contribution >= 0.6 is 0 Å². The highest BCUT2D eigenvalue weighted by Gasteiger charge is 2.08. The van der Waals surface area contributed by atoms with Gasteiger partial charge in [0.1, 0.15) is 0 Å². The van der Waals surface area contributed by atoms with Gasteiger partial charge in [-0.3, -0.25) is 0 Å². The Morgan fingerprint density at radius 2 is 1.00 bits per heavy atom. The van der Waals surface area contributed by atoms with Crippen LogP contribution in [-0.2, 0) is 9.78 Å². The molecule has 0 fully saturated rings. The standard InChI is InChI=1S/C19H40O2/c1-5-6-7-8-9-10-11-14-17-20-21-18-15-12-13-16-19(2,3)4/h5-18H2,1-4H3. The fourth-order valence-electron chi connectivity index (χ4n) is 2.41. The first kappa shape index (κ1) is 20.9. The first-order chi connectivity index (χ1) is 10.1. The van der Waals surface area contributed by atoms with Crippen LogP contribution in [0.4, 0.5) is 0 Å². The monoisotopic (exact) mass is 300 g/mol. The molecule has 2 nitrogen and oxygen atoms in total. The molecule has 128 valence electrons. The SMILES string of the molecule is CCCCCCCCCCOOCCCCCC(C)(C)C. The largest absolute Gasteiger partial charge is 0.237 e. The van der Waals surface area contributed by atoms with Crippen molar-refractivity contribution in [3.8, 4) is 0 Å². The van der Waals surface area contributed by atoms with Gasteiger partial charge in [-0.25, -0.2) is 9.78 Å². The molecule has 0 bridgehead atoms. The minimum atomic E-state index is 0.466. The molecule has 21 heavy (non-hydrogen) atoms. The van der Waals surface area contributed by atoms with Crippen LogP contribution in [0.25, 0.3) is 0 Å². The second kappa shape index (κ2) is 14.8. The van der Waals surface area contributed by atoms with Gasteiger partial charge in [0, 0.05) is 0 Å². The maximum absolute atomic E-state index is 5.23. The lowest BCUT2D eigenvalue weighted by atomic mass is 9.89. The van der Waals surface area contributed by atoms with E-state index in [1.165, 1.54) is 64.2 Å². The molecular weight excluding hydrogens is 260 g/mol. The van der Waals surface area contributed by atoms with E-state index < -0.39 is 0 Å². The summed E-state index contributed by atoms with van der Waals surface area (Å²) in [4.78, 5) is 10.5. The average molecular weight is 301 g/mol. The number of hydrogen-bond donors (Lipinski definition) is 0. The maximum Gasteiger partial charge on any atom is 0.0822 e. The zero-order valence-corrected chi connectivity index (χ0v) is 15.2. The molecule has 0 atom stereocenters. The van der Waals surface area contributed by atoms with Crippen molar-refractivity contribution < 1.29 is 9.78 Å². The van der Waals surface area contributed by atoms with Gasteiger partial charge in [-0.1, -0.05) is 85.5 Å². The van der Waals surface area contributed by atoms with E-state index in [0.717, 1.165) is 26.1 Å². The Bertz CT molecular complexity index is 196. The van der Waals surface area contributed by atoms with Gasteiger partial charge in [0.05, 0.1) is 13.2 Å². The zero-order chi connectivity index (χ0) is 15.8. The Morgan fingerprint density at radius 1 is 0.571 bits per heavy atom. The van der Waals surface area contributed by atoms with Gasteiger partial charge in [0.15, 0.2) is 0 Å². The van der Waals surface area contributed by atoms with Crippen LogP contribution < -0.4 is 0 Å². The Labute approximate surface area is 133 Å². The topological polar surface area (TPSA) is 18.5 Å². The normalized spacial score (nSPS) is 12.0. The Balaban J connectivity index is 3.00. The van der Waals surface area contributed by atoms with Gasteiger partial charge in [0.2, 0.25) is 0 Å². The summed E-state index contributed by atoms with van der Waals surface area (Å²) < 4.78 is 0. The smallest absolute Gasteiger partial charge is 0.0822 e. The van der Waals surface area contributed by atoms with E-state index in [9.17, 15) is 0 Å². The average Bonchev–Trinajstić information content (AvgIpc) is 2.42. The second-order valence-corrected chi connectivity index (χ2v) is 7.49. The van der Waals surface area contributed by atoms with Gasteiger partial charge in [-0.05, 0) is 24.7 Å². The molecule has 0 rings (SSSR count). The van der Waals surface area contributed by atoms with Crippen LogP contribution in [-0.4, -0.2) is 13.2 Å². The predicted molar refractivity (Wildman–Crippen MR) is 92.4 cm³/mol. The quantitative estimate of drug-likeness (QED) is 0.191. The number of hydrogen-bond acceptors (Lipinski definition) is 2. The fourth-order valence-corrected chi connectivity index (χ4v) is 2.41. The summed E-state index contributed by atoms with van der Waals surface area (Å²) in [5, 5.41) is 0. The summed E-state index contributed by atoms with van der Waals surface area (Å²) in [6.07, 6.45) is 15.6. The maximum atomic E-state index is 5.23. The molecule has 2 heteroatoms. The number of rotatable bonds is 15. The van der Waals surface area contributed by atoms with Crippen LogP contribution in [0.5, 0.6) is 0 Å². The van der Waals surface area contributed by atoms with Crippen LogP contribution in [0, 0.1) is 5.41 Å². The molecule has 0 aliphatic heterocycles. The third-order valence-corrected chi connectivity index (χ3v) is 3.82. The highest BCUT2D eigenvalue weighted by atomic mass is 17.2.